The van der Waals surface area contributed by atoms with Crippen molar-refractivity contribution in [2.24, 2.45) is 0 Å². The fourth-order valence-electron chi connectivity index (χ4n) is 1.59. The minimum absolute atomic E-state index is 0.141. The van der Waals surface area contributed by atoms with E-state index in [1.807, 2.05) is 37.3 Å². The van der Waals surface area contributed by atoms with Crippen molar-refractivity contribution < 1.29 is 9.84 Å². The van der Waals surface area contributed by atoms with Crippen molar-refractivity contribution in [3.05, 3.63) is 47.8 Å². The highest BCUT2D eigenvalue weighted by atomic mass is 32.2. The SMILES string of the molecule is Cc1ccnc(SCCOc2cccc(C#CCO)c2)n1. The number of benzene rings is 1. The van der Waals surface area contributed by atoms with Crippen molar-refractivity contribution >= 4 is 11.8 Å². The summed E-state index contributed by atoms with van der Waals surface area (Å²) in [4.78, 5) is 8.51. The van der Waals surface area contributed by atoms with Crippen LogP contribution in [0, 0.1) is 18.8 Å². The first-order chi connectivity index (χ1) is 10.3. The number of aryl methyl sites for hydroxylation is 1. The summed E-state index contributed by atoms with van der Waals surface area (Å²) in [5.41, 5.74) is 1.79. The third-order valence-corrected chi connectivity index (χ3v) is 3.33. The Morgan fingerprint density at radius 1 is 1.33 bits per heavy atom. The Morgan fingerprint density at radius 2 is 2.24 bits per heavy atom. The minimum atomic E-state index is -0.141. The molecule has 0 unspecified atom stereocenters. The van der Waals surface area contributed by atoms with Crippen LogP contribution in [0.1, 0.15) is 11.3 Å². The topological polar surface area (TPSA) is 55.2 Å². The molecule has 5 heteroatoms. The van der Waals surface area contributed by atoms with Crippen LogP contribution in [0.4, 0.5) is 0 Å². The van der Waals surface area contributed by atoms with Crippen LogP contribution in [0.2, 0.25) is 0 Å². The second-order valence-corrected chi connectivity index (χ2v) is 5.23. The number of aliphatic hydroxyl groups excluding tert-OH is 1. The summed E-state index contributed by atoms with van der Waals surface area (Å²) in [5.74, 6) is 7.01. The van der Waals surface area contributed by atoms with Crippen LogP contribution >= 0.6 is 11.8 Å². The van der Waals surface area contributed by atoms with E-state index in [0.29, 0.717) is 6.61 Å². The molecule has 1 N–H and O–H groups in total. The van der Waals surface area contributed by atoms with Gasteiger partial charge in [0.2, 0.25) is 0 Å². The highest BCUT2D eigenvalue weighted by Crippen LogP contribution is 2.15. The van der Waals surface area contributed by atoms with Crippen molar-refractivity contribution in [1.29, 1.82) is 0 Å². The van der Waals surface area contributed by atoms with Crippen LogP contribution in [0.5, 0.6) is 5.75 Å². The first-order valence-electron chi connectivity index (χ1n) is 6.53. The molecule has 2 rings (SSSR count). The maximum absolute atomic E-state index is 8.68. The molecular formula is C16H16N2O2S. The Bertz CT molecular complexity index is 650. The van der Waals surface area contributed by atoms with E-state index in [1.54, 1.807) is 18.0 Å². The van der Waals surface area contributed by atoms with Gasteiger partial charge in [-0.1, -0.05) is 29.7 Å². The smallest absolute Gasteiger partial charge is 0.187 e. The van der Waals surface area contributed by atoms with E-state index in [9.17, 15) is 0 Å². The van der Waals surface area contributed by atoms with Crippen LogP contribution in [0.25, 0.3) is 0 Å². The molecule has 4 nitrogen and oxygen atoms in total. The van der Waals surface area contributed by atoms with E-state index < -0.39 is 0 Å². The third-order valence-electron chi connectivity index (χ3n) is 2.50. The predicted molar refractivity (Wildman–Crippen MR) is 83.4 cm³/mol. The molecule has 0 amide bonds. The highest BCUT2D eigenvalue weighted by Gasteiger charge is 1.99. The van der Waals surface area contributed by atoms with Crippen LogP contribution in [-0.2, 0) is 0 Å². The van der Waals surface area contributed by atoms with E-state index in [-0.39, 0.29) is 6.61 Å². The lowest BCUT2D eigenvalue weighted by Gasteiger charge is -2.06. The molecule has 0 fully saturated rings. The van der Waals surface area contributed by atoms with Gasteiger partial charge in [0.15, 0.2) is 5.16 Å². The molecule has 1 aromatic heterocycles. The fraction of sp³-hybridized carbons (Fsp3) is 0.250. The molecule has 0 spiro atoms. The average Bonchev–Trinajstić information content (AvgIpc) is 2.50. The normalized spacial score (nSPS) is 9.81. The highest BCUT2D eigenvalue weighted by molar-refractivity contribution is 7.99. The molecule has 0 bridgehead atoms. The van der Waals surface area contributed by atoms with Crippen LogP contribution in [0.15, 0.2) is 41.7 Å². The zero-order valence-corrected chi connectivity index (χ0v) is 12.6. The van der Waals surface area contributed by atoms with Gasteiger partial charge in [-0.05, 0) is 31.2 Å². The first-order valence-corrected chi connectivity index (χ1v) is 7.51. The van der Waals surface area contributed by atoms with Gasteiger partial charge in [0.25, 0.3) is 0 Å². The van der Waals surface area contributed by atoms with Crippen LogP contribution in [-0.4, -0.2) is 34.0 Å². The number of hydrogen-bond acceptors (Lipinski definition) is 5. The zero-order chi connectivity index (χ0) is 14.9. The Labute approximate surface area is 128 Å². The van der Waals surface area contributed by atoms with Gasteiger partial charge in [0, 0.05) is 23.2 Å². The minimum Gasteiger partial charge on any atom is -0.493 e. The van der Waals surface area contributed by atoms with Crippen molar-refractivity contribution in [1.82, 2.24) is 9.97 Å². The summed E-state index contributed by atoms with van der Waals surface area (Å²) >= 11 is 1.56. The number of hydrogen-bond donors (Lipinski definition) is 1. The maximum Gasteiger partial charge on any atom is 0.187 e. The molecule has 108 valence electrons. The van der Waals surface area contributed by atoms with E-state index in [0.717, 1.165) is 27.9 Å². The van der Waals surface area contributed by atoms with Gasteiger partial charge in [0.05, 0.1) is 6.61 Å². The lowest BCUT2D eigenvalue weighted by molar-refractivity contribution is 0.343. The molecule has 21 heavy (non-hydrogen) atoms. The van der Waals surface area contributed by atoms with Gasteiger partial charge in [0.1, 0.15) is 12.4 Å². The molecule has 0 aliphatic heterocycles. The van der Waals surface area contributed by atoms with Crippen molar-refractivity contribution in [2.75, 3.05) is 19.0 Å². The number of nitrogens with zero attached hydrogens (tertiary/aromatic N) is 2. The van der Waals surface area contributed by atoms with Crippen molar-refractivity contribution in [3.63, 3.8) is 0 Å². The van der Waals surface area contributed by atoms with Gasteiger partial charge >= 0.3 is 0 Å². The van der Waals surface area contributed by atoms with Crippen LogP contribution in [0.3, 0.4) is 0 Å². The molecule has 0 atom stereocenters. The number of aliphatic hydroxyl groups is 1. The molecule has 0 saturated carbocycles. The second kappa shape index (κ2) is 8.30. The third kappa shape index (κ3) is 5.46. The average molecular weight is 300 g/mol. The fourth-order valence-corrected chi connectivity index (χ4v) is 2.29. The summed E-state index contributed by atoms with van der Waals surface area (Å²) in [6.07, 6.45) is 1.76. The number of thioether (sulfide) groups is 1. The molecule has 0 aliphatic rings. The standard InChI is InChI=1S/C16H16N2O2S/c1-13-7-8-17-16(18-13)21-11-10-20-15-6-2-4-14(12-15)5-3-9-19/h2,4,6-8,12,19H,9-11H2,1H3. The number of ether oxygens (including phenoxy) is 1. The predicted octanol–water partition coefficient (Wildman–Crippen LogP) is 2.30. The van der Waals surface area contributed by atoms with E-state index in [2.05, 4.69) is 21.8 Å². The molecule has 0 aliphatic carbocycles. The summed E-state index contributed by atoms with van der Waals surface area (Å²) in [5, 5.41) is 9.44. The van der Waals surface area contributed by atoms with Crippen LogP contribution < -0.4 is 4.74 Å². The number of aromatic nitrogens is 2. The zero-order valence-electron chi connectivity index (χ0n) is 11.7. The van der Waals surface area contributed by atoms with E-state index in [4.69, 9.17) is 9.84 Å². The lowest BCUT2D eigenvalue weighted by atomic mass is 10.2. The van der Waals surface area contributed by atoms with E-state index >= 15 is 0 Å². The van der Waals surface area contributed by atoms with E-state index in [1.165, 1.54) is 0 Å². The summed E-state index contributed by atoms with van der Waals surface area (Å²) in [7, 11) is 0. The van der Waals surface area contributed by atoms with Crippen molar-refractivity contribution in [2.45, 2.75) is 12.1 Å². The quantitative estimate of drug-likeness (QED) is 0.397. The lowest BCUT2D eigenvalue weighted by Crippen LogP contribution is -2.01. The maximum atomic E-state index is 8.68. The van der Waals surface area contributed by atoms with Gasteiger partial charge in [-0.25, -0.2) is 9.97 Å². The molecule has 2 aromatic rings. The summed E-state index contributed by atoms with van der Waals surface area (Å²) in [6.45, 7) is 2.37. The van der Waals surface area contributed by atoms with Crippen molar-refractivity contribution in [3.8, 4) is 17.6 Å². The molecule has 0 radical (unpaired) electrons. The van der Waals surface area contributed by atoms with Gasteiger partial charge < -0.3 is 9.84 Å². The largest absolute Gasteiger partial charge is 0.493 e. The molecule has 1 heterocycles. The monoisotopic (exact) mass is 300 g/mol. The second-order valence-electron chi connectivity index (χ2n) is 4.17. The summed E-state index contributed by atoms with van der Waals surface area (Å²) in [6, 6.07) is 9.38. The first kappa shape index (κ1) is 15.4. The van der Waals surface area contributed by atoms with Gasteiger partial charge in [-0.3, -0.25) is 0 Å². The Hall–Kier alpha value is -2.03. The Balaban J connectivity index is 1.81. The molecule has 0 saturated heterocycles. The molecule has 1 aromatic carbocycles. The Kier molecular flexibility index (Phi) is 6.07. The number of rotatable bonds is 5. The van der Waals surface area contributed by atoms with Gasteiger partial charge in [-0.2, -0.15) is 0 Å². The molecular weight excluding hydrogens is 284 g/mol. The van der Waals surface area contributed by atoms with Gasteiger partial charge in [-0.15, -0.1) is 0 Å². The summed E-state index contributed by atoms with van der Waals surface area (Å²) < 4.78 is 5.67. The Morgan fingerprint density at radius 3 is 3.05 bits per heavy atom.